The van der Waals surface area contributed by atoms with Gasteiger partial charge in [0.05, 0.1) is 11.0 Å². The van der Waals surface area contributed by atoms with Crippen LogP contribution in [0, 0.1) is 0 Å². The van der Waals surface area contributed by atoms with Crippen molar-refractivity contribution in [3.63, 3.8) is 0 Å². The molecule has 0 saturated heterocycles. The maximum absolute atomic E-state index is 12.0. The molecule has 3 rings (SSSR count). The minimum absolute atomic E-state index is 0.239. The minimum atomic E-state index is -0.239. The molecule has 1 aromatic carbocycles. The van der Waals surface area contributed by atoms with Crippen LogP contribution in [0.5, 0.6) is 0 Å². The van der Waals surface area contributed by atoms with E-state index < -0.39 is 0 Å². The second-order valence-corrected chi connectivity index (χ2v) is 5.62. The second kappa shape index (κ2) is 4.57. The van der Waals surface area contributed by atoms with Crippen LogP contribution < -0.4 is 5.43 Å². The van der Waals surface area contributed by atoms with E-state index in [0.717, 1.165) is 15.9 Å². The van der Waals surface area contributed by atoms with Crippen LogP contribution in [0.25, 0.3) is 22.2 Å². The van der Waals surface area contributed by atoms with Gasteiger partial charge in [0.1, 0.15) is 0 Å². The van der Waals surface area contributed by atoms with Crippen LogP contribution in [-0.4, -0.2) is 26.0 Å². The average Bonchev–Trinajstić information content (AvgIpc) is 2.42. The molecule has 0 aliphatic rings. The monoisotopic (exact) mass is 336 g/mol. The number of aromatic nitrogens is 4. The molecule has 5 nitrogen and oxygen atoms in total. The van der Waals surface area contributed by atoms with Crippen LogP contribution >= 0.6 is 27.7 Å². The van der Waals surface area contributed by atoms with Crippen molar-refractivity contribution < 1.29 is 0 Å². The Hall–Kier alpha value is -1.47. The average molecular weight is 337 g/mol. The Labute approximate surface area is 121 Å². The van der Waals surface area contributed by atoms with Gasteiger partial charge in [0.15, 0.2) is 15.8 Å². The molecular formula is C12H9BrN4OS. The summed E-state index contributed by atoms with van der Waals surface area (Å²) in [4.78, 5) is 22.0. The molecule has 0 amide bonds. The van der Waals surface area contributed by atoms with Crippen LogP contribution in [0.4, 0.5) is 0 Å². The van der Waals surface area contributed by atoms with Crippen LogP contribution in [-0.2, 0) is 7.05 Å². The van der Waals surface area contributed by atoms with Crippen molar-refractivity contribution in [2.24, 2.45) is 7.05 Å². The summed E-state index contributed by atoms with van der Waals surface area (Å²) in [5.41, 5.74) is 2.05. The molecule has 7 heteroatoms. The van der Waals surface area contributed by atoms with Gasteiger partial charge in [0.2, 0.25) is 5.43 Å². The molecule has 3 aromatic rings. The summed E-state index contributed by atoms with van der Waals surface area (Å²) in [5.74, 6) is 0. The standard InChI is InChI=1S/C12H9BrN4OS/c1-17-12-9(10(18)11(13)16-17)14-8-5-6(19-2)3-4-7(8)15-12/h3-5H,1-2H3. The fraction of sp³-hybridized carbons (Fsp3) is 0.167. The van der Waals surface area contributed by atoms with Gasteiger partial charge in [-0.1, -0.05) is 0 Å². The molecule has 0 aliphatic heterocycles. The maximum atomic E-state index is 12.0. The molecule has 0 bridgehead atoms. The highest BCUT2D eigenvalue weighted by atomic mass is 79.9. The van der Waals surface area contributed by atoms with Crippen molar-refractivity contribution in [3.8, 4) is 0 Å². The Balaban J connectivity index is 2.48. The number of fused-ring (bicyclic) bond motifs is 2. The zero-order chi connectivity index (χ0) is 13.6. The predicted molar refractivity (Wildman–Crippen MR) is 79.6 cm³/mol. The fourth-order valence-electron chi connectivity index (χ4n) is 1.85. The summed E-state index contributed by atoms with van der Waals surface area (Å²) < 4.78 is 1.80. The largest absolute Gasteiger partial charge is 0.284 e. The molecule has 0 aliphatic carbocycles. The SMILES string of the molecule is CSc1ccc2nc3c(nc2c1)c(=O)c(Br)nn3C. The van der Waals surface area contributed by atoms with Gasteiger partial charge in [-0.05, 0) is 40.4 Å². The van der Waals surface area contributed by atoms with E-state index >= 15 is 0 Å². The highest BCUT2D eigenvalue weighted by Crippen LogP contribution is 2.21. The van der Waals surface area contributed by atoms with Crippen molar-refractivity contribution in [3.05, 3.63) is 33.0 Å². The van der Waals surface area contributed by atoms with Gasteiger partial charge in [0, 0.05) is 11.9 Å². The molecule has 19 heavy (non-hydrogen) atoms. The zero-order valence-corrected chi connectivity index (χ0v) is 12.6. The Morgan fingerprint density at radius 3 is 2.79 bits per heavy atom. The first-order valence-corrected chi connectivity index (χ1v) is 7.50. The van der Waals surface area contributed by atoms with Crippen molar-refractivity contribution in [2.75, 3.05) is 6.26 Å². The molecule has 0 unspecified atom stereocenters. The Morgan fingerprint density at radius 2 is 2.05 bits per heavy atom. The summed E-state index contributed by atoms with van der Waals surface area (Å²) in [6.07, 6.45) is 2.00. The van der Waals surface area contributed by atoms with Crippen molar-refractivity contribution in [2.45, 2.75) is 4.90 Å². The lowest BCUT2D eigenvalue weighted by atomic mass is 10.3. The molecule has 0 atom stereocenters. The van der Waals surface area contributed by atoms with Crippen LogP contribution in [0.1, 0.15) is 0 Å². The number of halogens is 1. The lowest BCUT2D eigenvalue weighted by molar-refractivity contribution is 0.749. The Kier molecular flexibility index (Phi) is 3.02. The number of thioether (sulfide) groups is 1. The smallest absolute Gasteiger partial charge is 0.242 e. The third-order valence-corrected chi connectivity index (χ3v) is 4.04. The van der Waals surface area contributed by atoms with Crippen molar-refractivity contribution in [1.29, 1.82) is 0 Å². The van der Waals surface area contributed by atoms with E-state index in [4.69, 9.17) is 0 Å². The fourth-order valence-corrected chi connectivity index (χ4v) is 2.71. The zero-order valence-electron chi connectivity index (χ0n) is 10.2. The molecule has 0 saturated carbocycles. The molecule has 96 valence electrons. The molecule has 2 aromatic heterocycles. The predicted octanol–water partition coefficient (Wildman–Crippen LogP) is 2.36. The first-order chi connectivity index (χ1) is 9.10. The first kappa shape index (κ1) is 12.6. The topological polar surface area (TPSA) is 60.7 Å². The number of nitrogens with zero attached hydrogens (tertiary/aromatic N) is 4. The number of hydrogen-bond acceptors (Lipinski definition) is 5. The van der Waals surface area contributed by atoms with Crippen LogP contribution in [0.3, 0.4) is 0 Å². The summed E-state index contributed by atoms with van der Waals surface area (Å²) in [6, 6.07) is 5.82. The lowest BCUT2D eigenvalue weighted by Gasteiger charge is -2.05. The van der Waals surface area contributed by atoms with E-state index in [1.54, 1.807) is 23.5 Å². The molecule has 0 spiro atoms. The lowest BCUT2D eigenvalue weighted by Crippen LogP contribution is -2.15. The van der Waals surface area contributed by atoms with E-state index in [1.165, 1.54) is 0 Å². The van der Waals surface area contributed by atoms with Crippen molar-refractivity contribution in [1.82, 2.24) is 19.7 Å². The molecule has 2 heterocycles. The second-order valence-electron chi connectivity index (χ2n) is 3.99. The maximum Gasteiger partial charge on any atom is 0.242 e. The van der Waals surface area contributed by atoms with E-state index in [0.29, 0.717) is 11.2 Å². The number of rotatable bonds is 1. The van der Waals surface area contributed by atoms with Gasteiger partial charge in [-0.3, -0.25) is 4.79 Å². The van der Waals surface area contributed by atoms with E-state index in [9.17, 15) is 4.79 Å². The van der Waals surface area contributed by atoms with E-state index in [-0.39, 0.29) is 10.0 Å². The number of benzene rings is 1. The summed E-state index contributed by atoms with van der Waals surface area (Å²) >= 11 is 4.77. The van der Waals surface area contributed by atoms with Crippen molar-refractivity contribution >= 4 is 49.9 Å². The van der Waals surface area contributed by atoms with Gasteiger partial charge in [-0.15, -0.1) is 11.8 Å². The van der Waals surface area contributed by atoms with Gasteiger partial charge in [0.25, 0.3) is 0 Å². The molecule has 0 N–H and O–H groups in total. The Morgan fingerprint density at radius 1 is 1.26 bits per heavy atom. The highest BCUT2D eigenvalue weighted by molar-refractivity contribution is 9.10. The summed E-state index contributed by atoms with van der Waals surface area (Å²) in [5, 5.41) is 4.06. The van der Waals surface area contributed by atoms with Gasteiger partial charge in [-0.2, -0.15) is 5.10 Å². The van der Waals surface area contributed by atoms with Gasteiger partial charge >= 0.3 is 0 Å². The van der Waals surface area contributed by atoms with Gasteiger partial charge < -0.3 is 0 Å². The normalized spacial score (nSPS) is 11.3. The molecule has 0 fully saturated rings. The third kappa shape index (κ3) is 2.02. The van der Waals surface area contributed by atoms with E-state index in [2.05, 4.69) is 31.0 Å². The van der Waals surface area contributed by atoms with Crippen LogP contribution in [0.2, 0.25) is 0 Å². The van der Waals surface area contributed by atoms with Gasteiger partial charge in [-0.25, -0.2) is 14.6 Å². The third-order valence-electron chi connectivity index (χ3n) is 2.80. The first-order valence-electron chi connectivity index (χ1n) is 5.48. The molecule has 0 radical (unpaired) electrons. The summed E-state index contributed by atoms with van der Waals surface area (Å²) in [7, 11) is 1.74. The molecular weight excluding hydrogens is 328 g/mol. The summed E-state index contributed by atoms with van der Waals surface area (Å²) in [6.45, 7) is 0. The quantitative estimate of drug-likeness (QED) is 0.504. The number of hydrogen-bond donors (Lipinski definition) is 0. The van der Waals surface area contributed by atoms with Crippen LogP contribution in [0.15, 0.2) is 32.5 Å². The Bertz CT molecular complexity index is 862. The minimum Gasteiger partial charge on any atom is -0.284 e. The highest BCUT2D eigenvalue weighted by Gasteiger charge is 2.11. The van der Waals surface area contributed by atoms with E-state index in [1.807, 2.05) is 24.5 Å². The number of aryl methyl sites for hydroxylation is 1.